The number of nitrogens with zero attached hydrogens (tertiary/aromatic N) is 2. The topological polar surface area (TPSA) is 6.48 Å². The predicted octanol–water partition coefficient (Wildman–Crippen LogP) is 18.0. The number of thiophene rings is 1. The van der Waals surface area contributed by atoms with Crippen LogP contribution in [-0.2, 0) is 43.3 Å². The van der Waals surface area contributed by atoms with Crippen LogP contribution in [0, 0.1) is 0 Å². The van der Waals surface area contributed by atoms with Crippen molar-refractivity contribution < 1.29 is 0 Å². The Bertz CT molecular complexity index is 3520. The van der Waals surface area contributed by atoms with Crippen molar-refractivity contribution in [3.63, 3.8) is 0 Å². The molecule has 5 aliphatic carbocycles. The van der Waals surface area contributed by atoms with Crippen LogP contribution in [0.2, 0.25) is 0 Å². The average molecular weight is 993 g/mol. The van der Waals surface area contributed by atoms with Crippen LogP contribution in [0.15, 0.2) is 103 Å². The predicted molar refractivity (Wildman–Crippen MR) is 322 cm³/mol. The minimum atomic E-state index is -0.125. The maximum atomic E-state index is 2.80. The zero-order valence-corrected chi connectivity index (χ0v) is 48.7. The third-order valence-electron chi connectivity index (χ3n) is 20.7. The minimum Gasteiger partial charge on any atom is -0.311 e. The van der Waals surface area contributed by atoms with Crippen LogP contribution in [0.25, 0.3) is 21.2 Å². The van der Waals surface area contributed by atoms with Crippen LogP contribution in [0.5, 0.6) is 0 Å². The highest BCUT2D eigenvalue weighted by Crippen LogP contribution is 2.60. The van der Waals surface area contributed by atoms with E-state index in [2.05, 4.69) is 235 Å². The molecule has 2 nitrogen and oxygen atoms in total. The van der Waals surface area contributed by atoms with Crippen LogP contribution in [0.1, 0.15) is 207 Å². The van der Waals surface area contributed by atoms with Gasteiger partial charge in [0.1, 0.15) is 0 Å². The van der Waals surface area contributed by atoms with Gasteiger partial charge in [-0.05, 0) is 210 Å². The second-order valence-electron chi connectivity index (χ2n) is 29.7. The van der Waals surface area contributed by atoms with E-state index < -0.39 is 0 Å². The number of benzene rings is 6. The van der Waals surface area contributed by atoms with E-state index in [-0.39, 0.29) is 50.0 Å². The summed E-state index contributed by atoms with van der Waals surface area (Å²) in [5, 5.41) is 1.43. The Hall–Kier alpha value is -5.06. The van der Waals surface area contributed by atoms with Crippen molar-refractivity contribution in [3.05, 3.63) is 148 Å². The van der Waals surface area contributed by atoms with Crippen LogP contribution in [0.4, 0.5) is 34.1 Å². The quantitative estimate of drug-likeness (QED) is 0.163. The number of hydrogen-bond donors (Lipinski definition) is 0. The fraction of sp³-hybridized carbons (Fsp3) is 0.457. The Balaban J connectivity index is 1.20. The van der Waals surface area contributed by atoms with Crippen molar-refractivity contribution in [2.24, 2.45) is 0 Å². The zero-order valence-electron chi connectivity index (χ0n) is 47.9. The van der Waals surface area contributed by atoms with Gasteiger partial charge in [0.2, 0.25) is 0 Å². The molecule has 74 heavy (non-hydrogen) atoms. The molecule has 0 saturated heterocycles. The highest BCUT2D eigenvalue weighted by Gasteiger charge is 2.52. The third kappa shape index (κ3) is 6.93. The number of hydrogen-bond acceptors (Lipinski definition) is 3. The second kappa shape index (κ2) is 15.3. The molecule has 1 saturated carbocycles. The summed E-state index contributed by atoms with van der Waals surface area (Å²) in [4.78, 5) is 5.57. The van der Waals surface area contributed by atoms with Crippen LogP contribution in [-0.4, -0.2) is 6.71 Å². The molecule has 0 atom stereocenters. The molecule has 0 spiro atoms. The van der Waals surface area contributed by atoms with Crippen molar-refractivity contribution in [2.45, 2.75) is 205 Å². The van der Waals surface area contributed by atoms with Crippen molar-refractivity contribution in [2.75, 3.05) is 9.80 Å². The first kappa shape index (κ1) is 48.6. The van der Waals surface area contributed by atoms with Gasteiger partial charge in [0.15, 0.2) is 0 Å². The van der Waals surface area contributed by atoms with Crippen LogP contribution in [0.3, 0.4) is 0 Å². The maximum Gasteiger partial charge on any atom is 0.264 e. The van der Waals surface area contributed by atoms with E-state index in [4.69, 9.17) is 0 Å². The molecule has 380 valence electrons. The molecule has 14 rings (SSSR count). The smallest absolute Gasteiger partial charge is 0.264 e. The fourth-order valence-corrected chi connectivity index (χ4v) is 16.5. The Morgan fingerprint density at radius 3 is 1.58 bits per heavy atom. The first-order chi connectivity index (χ1) is 34.6. The lowest BCUT2D eigenvalue weighted by Gasteiger charge is -2.52. The highest BCUT2D eigenvalue weighted by atomic mass is 32.1. The van der Waals surface area contributed by atoms with Gasteiger partial charge in [0.25, 0.3) is 6.71 Å². The van der Waals surface area contributed by atoms with Gasteiger partial charge in [-0.2, -0.15) is 0 Å². The van der Waals surface area contributed by atoms with E-state index in [0.717, 1.165) is 0 Å². The average Bonchev–Trinajstić information content (AvgIpc) is 3.76. The van der Waals surface area contributed by atoms with E-state index in [9.17, 15) is 0 Å². The lowest BCUT2D eigenvalue weighted by molar-refractivity contribution is 0.188. The van der Waals surface area contributed by atoms with E-state index in [1.807, 2.05) is 0 Å². The van der Waals surface area contributed by atoms with Crippen molar-refractivity contribution in [1.29, 1.82) is 0 Å². The van der Waals surface area contributed by atoms with Gasteiger partial charge in [-0.25, -0.2) is 0 Å². The molecule has 2 bridgehead atoms. The zero-order chi connectivity index (χ0) is 52.2. The second-order valence-corrected chi connectivity index (χ2v) is 30.8. The van der Waals surface area contributed by atoms with Gasteiger partial charge in [-0.3, -0.25) is 0 Å². The normalized spacial score (nSPS) is 23.4. The summed E-state index contributed by atoms with van der Waals surface area (Å²) in [5.41, 5.74) is 26.0. The molecule has 4 heteroatoms. The first-order valence-electron chi connectivity index (χ1n) is 28.5. The molecule has 7 aliphatic rings. The van der Waals surface area contributed by atoms with Gasteiger partial charge in [0.05, 0.1) is 11.4 Å². The Kier molecular flexibility index (Phi) is 10.1. The number of anilines is 6. The molecule has 0 radical (unpaired) electrons. The Morgan fingerprint density at radius 1 is 0.446 bits per heavy atom. The molecular formula is C70H81BN2S. The summed E-state index contributed by atoms with van der Waals surface area (Å²) in [5.74, 6) is 0. The molecule has 0 amide bonds. The fourth-order valence-electron chi connectivity index (χ4n) is 15.2. The van der Waals surface area contributed by atoms with Crippen molar-refractivity contribution in [3.8, 4) is 11.1 Å². The van der Waals surface area contributed by atoms with Crippen LogP contribution >= 0.6 is 11.3 Å². The van der Waals surface area contributed by atoms with Gasteiger partial charge in [-0.1, -0.05) is 159 Å². The summed E-state index contributed by atoms with van der Waals surface area (Å²) in [6.07, 6.45) is 9.86. The van der Waals surface area contributed by atoms with Gasteiger partial charge in [0, 0.05) is 43.2 Å². The summed E-state index contributed by atoms with van der Waals surface area (Å²) in [7, 11) is 0. The van der Waals surface area contributed by atoms with E-state index in [0.29, 0.717) is 0 Å². The van der Waals surface area contributed by atoms with E-state index >= 15 is 0 Å². The molecule has 1 aromatic heterocycles. The Labute approximate surface area is 449 Å². The largest absolute Gasteiger partial charge is 0.311 e. The summed E-state index contributed by atoms with van der Waals surface area (Å²) >= 11 is 2.11. The molecule has 0 N–H and O–H groups in total. The van der Waals surface area contributed by atoms with Crippen molar-refractivity contribution >= 4 is 78.0 Å². The maximum absolute atomic E-state index is 2.80. The molecule has 0 unspecified atom stereocenters. The summed E-state index contributed by atoms with van der Waals surface area (Å²) in [6.45, 7) is 39.6. The van der Waals surface area contributed by atoms with Gasteiger partial charge in [-0.15, -0.1) is 11.3 Å². The minimum absolute atomic E-state index is 0.0190. The van der Waals surface area contributed by atoms with Gasteiger partial charge >= 0.3 is 0 Å². The van der Waals surface area contributed by atoms with E-state index in [1.54, 1.807) is 16.7 Å². The molecule has 7 aromatic rings. The number of fused-ring (bicyclic) bond motifs is 10. The molecule has 2 aliphatic heterocycles. The van der Waals surface area contributed by atoms with Gasteiger partial charge < -0.3 is 9.80 Å². The molecule has 3 heterocycles. The number of rotatable bonds is 3. The lowest BCUT2D eigenvalue weighted by atomic mass is 9.35. The highest BCUT2D eigenvalue weighted by molar-refractivity contribution is 7.33. The monoisotopic (exact) mass is 993 g/mol. The third-order valence-corrected chi connectivity index (χ3v) is 21.9. The van der Waals surface area contributed by atoms with E-state index in [1.165, 1.54) is 150 Å². The SMILES string of the molecule is CC(C)(C)c1ccc(N2c3cc(C(C)(C)C)cc4c3B(c3cc5c(cc3N4c3ccc4c(c3)C(C)(C)CCC4(C)C)C(C)(C)CCC5(C)C)c3sc4cc5c(cc4c32)C2(C)CCC5(C)CC2)c(-c2ccccc2)c1. The Morgan fingerprint density at radius 2 is 0.986 bits per heavy atom. The van der Waals surface area contributed by atoms with Crippen molar-refractivity contribution in [1.82, 2.24) is 0 Å². The summed E-state index contributed by atoms with van der Waals surface area (Å²) in [6, 6.07) is 42.6. The summed E-state index contributed by atoms with van der Waals surface area (Å²) < 4.78 is 2.93. The standard InChI is InChI=1S/C70H81BN2S/c1-63(2,3)43-22-25-55(46(34-43)42-20-18-17-19-21-42)73-58-36-44(64(4,5)6)35-57-60(58)71(62-61(73)47-38-52-53(41-59(47)74-62)70(16)32-30-69(52,15)31-33-70)54-39-50-51(68(13,14)29-28-67(50,11)12)40-56(54)72(57)45-23-24-48-49(37-45)66(9,10)27-26-65(48,7)8/h17-25,34-41H,26-33H2,1-16H3. The first-order valence-corrected chi connectivity index (χ1v) is 29.4. The molecule has 1 fully saturated rings. The molecule has 6 aromatic carbocycles. The van der Waals surface area contributed by atoms with Crippen LogP contribution < -0.4 is 25.5 Å². The lowest BCUT2D eigenvalue weighted by Crippen LogP contribution is -2.61. The molecular weight excluding hydrogens is 912 g/mol.